The number of benzene rings is 1. The first-order valence-corrected chi connectivity index (χ1v) is 11.2. The number of aryl methyl sites for hydroxylation is 2. The molecular weight excluding hydrogens is 442 g/mol. The van der Waals surface area contributed by atoms with Gasteiger partial charge < -0.3 is 20.2 Å². The molecule has 9 nitrogen and oxygen atoms in total. The average molecular weight is 470 g/mol. The van der Waals surface area contributed by atoms with Gasteiger partial charge in [0.15, 0.2) is 0 Å². The molecule has 1 atom stereocenters. The normalized spacial score (nSPS) is 13.3. The molecule has 0 aliphatic rings. The van der Waals surface area contributed by atoms with Crippen molar-refractivity contribution in [1.29, 1.82) is 0 Å². The highest BCUT2D eigenvalue weighted by Gasteiger charge is 2.34. The quantitative estimate of drug-likeness (QED) is 0.343. The molecule has 0 aliphatic carbocycles. The van der Waals surface area contributed by atoms with E-state index in [4.69, 9.17) is 15.2 Å². The first kappa shape index (κ1) is 22.7. The first-order chi connectivity index (χ1) is 16.9. The van der Waals surface area contributed by atoms with Crippen molar-refractivity contribution in [3.05, 3.63) is 78.0 Å². The fraction of sp³-hybridized carbons (Fsp3) is 0.231. The number of ether oxygens (including phenoxy) is 2. The molecule has 0 saturated heterocycles. The van der Waals surface area contributed by atoms with E-state index in [0.717, 1.165) is 38.9 Å². The molecule has 178 valence electrons. The fourth-order valence-electron chi connectivity index (χ4n) is 4.37. The first-order valence-electron chi connectivity index (χ1n) is 11.2. The summed E-state index contributed by atoms with van der Waals surface area (Å²) in [5, 5.41) is 5.19. The van der Waals surface area contributed by atoms with Gasteiger partial charge in [0.2, 0.25) is 5.95 Å². The van der Waals surface area contributed by atoms with Gasteiger partial charge in [-0.2, -0.15) is 5.10 Å². The summed E-state index contributed by atoms with van der Waals surface area (Å²) in [6.45, 7) is 4.10. The van der Waals surface area contributed by atoms with Crippen LogP contribution in [0.5, 0.6) is 0 Å². The van der Waals surface area contributed by atoms with Gasteiger partial charge in [0.1, 0.15) is 18.0 Å². The number of aromatic amines is 1. The zero-order chi connectivity index (χ0) is 24.6. The third-order valence-electron chi connectivity index (χ3n) is 6.20. The van der Waals surface area contributed by atoms with Gasteiger partial charge in [0.25, 0.3) is 0 Å². The van der Waals surface area contributed by atoms with Crippen LogP contribution in [0, 0.1) is 6.92 Å². The molecule has 35 heavy (non-hydrogen) atoms. The molecule has 0 radical (unpaired) electrons. The molecule has 5 aromatic rings. The summed E-state index contributed by atoms with van der Waals surface area (Å²) >= 11 is 0. The number of aromatic nitrogens is 6. The smallest absolute Gasteiger partial charge is 0.220 e. The van der Waals surface area contributed by atoms with Gasteiger partial charge in [-0.3, -0.25) is 4.68 Å². The van der Waals surface area contributed by atoms with Crippen molar-refractivity contribution in [3.8, 4) is 22.4 Å². The van der Waals surface area contributed by atoms with Crippen molar-refractivity contribution >= 4 is 17.0 Å². The van der Waals surface area contributed by atoms with Gasteiger partial charge in [0.05, 0.1) is 17.6 Å². The minimum Gasteiger partial charge on any atom is -0.368 e. The Hall–Kier alpha value is -4.08. The van der Waals surface area contributed by atoms with Gasteiger partial charge in [0, 0.05) is 54.8 Å². The number of hydrogen-bond acceptors (Lipinski definition) is 7. The third kappa shape index (κ3) is 4.16. The van der Waals surface area contributed by atoms with E-state index in [1.165, 1.54) is 0 Å². The summed E-state index contributed by atoms with van der Waals surface area (Å²) in [5.74, 6) is 0.157. The van der Waals surface area contributed by atoms with Crippen LogP contribution in [0.15, 0.2) is 61.2 Å². The van der Waals surface area contributed by atoms with Gasteiger partial charge in [-0.15, -0.1) is 0 Å². The van der Waals surface area contributed by atoms with Crippen LogP contribution in [0.3, 0.4) is 0 Å². The maximum atomic E-state index is 6.23. The van der Waals surface area contributed by atoms with Crippen molar-refractivity contribution in [2.45, 2.75) is 19.4 Å². The number of methoxy groups -OCH3 is 1. The predicted molar refractivity (Wildman–Crippen MR) is 134 cm³/mol. The average Bonchev–Trinajstić information content (AvgIpc) is 3.48. The second kappa shape index (κ2) is 8.94. The topological polar surface area (TPSA) is 117 Å². The standard InChI is InChI=1S/C26H27N7O2/c1-16-7-5-6-8-21(16)26(2,35-15-34-4)23-10-22(31-25(27)32-23)20-13-29-24-19(20)9-17(11-28-24)18-12-30-33(3)14-18/h5-14H,15H2,1-4H3,(H,28,29)(H2,27,31,32). The molecule has 0 amide bonds. The van der Waals surface area contributed by atoms with E-state index in [-0.39, 0.29) is 12.7 Å². The number of anilines is 1. The summed E-state index contributed by atoms with van der Waals surface area (Å²) in [6, 6.07) is 12.0. The van der Waals surface area contributed by atoms with E-state index < -0.39 is 5.60 Å². The van der Waals surface area contributed by atoms with Crippen LogP contribution in [0.4, 0.5) is 5.95 Å². The summed E-state index contributed by atoms with van der Waals surface area (Å²) in [5.41, 5.74) is 12.2. The van der Waals surface area contributed by atoms with Crippen LogP contribution in [0.25, 0.3) is 33.4 Å². The number of nitrogens with zero attached hydrogens (tertiary/aromatic N) is 5. The summed E-state index contributed by atoms with van der Waals surface area (Å²) in [4.78, 5) is 17.0. The van der Waals surface area contributed by atoms with Gasteiger partial charge in [-0.05, 0) is 37.1 Å². The minimum atomic E-state index is -0.904. The second-order valence-electron chi connectivity index (χ2n) is 8.62. The minimum absolute atomic E-state index is 0.0928. The largest absolute Gasteiger partial charge is 0.368 e. The lowest BCUT2D eigenvalue weighted by atomic mass is 9.88. The summed E-state index contributed by atoms with van der Waals surface area (Å²) in [7, 11) is 3.48. The van der Waals surface area contributed by atoms with Crippen molar-refractivity contribution in [2.75, 3.05) is 19.6 Å². The number of nitrogen functional groups attached to an aromatic ring is 1. The van der Waals surface area contributed by atoms with E-state index in [1.54, 1.807) is 11.8 Å². The van der Waals surface area contributed by atoms with Crippen molar-refractivity contribution < 1.29 is 9.47 Å². The summed E-state index contributed by atoms with van der Waals surface area (Å²) < 4.78 is 13.2. The highest BCUT2D eigenvalue weighted by atomic mass is 16.7. The molecule has 0 aliphatic heterocycles. The molecule has 4 aromatic heterocycles. The fourth-order valence-corrected chi connectivity index (χ4v) is 4.37. The Labute approximate surface area is 203 Å². The lowest BCUT2D eigenvalue weighted by Crippen LogP contribution is -2.31. The van der Waals surface area contributed by atoms with E-state index in [9.17, 15) is 0 Å². The van der Waals surface area contributed by atoms with Crippen LogP contribution in [0.1, 0.15) is 23.7 Å². The highest BCUT2D eigenvalue weighted by molar-refractivity contribution is 5.95. The molecule has 4 heterocycles. The molecule has 0 spiro atoms. The zero-order valence-electron chi connectivity index (χ0n) is 20.1. The maximum Gasteiger partial charge on any atom is 0.220 e. The van der Waals surface area contributed by atoms with Crippen molar-refractivity contribution in [2.24, 2.45) is 7.05 Å². The molecule has 5 rings (SSSR count). The Morgan fingerprint density at radius 2 is 1.94 bits per heavy atom. The van der Waals surface area contributed by atoms with Crippen LogP contribution in [-0.4, -0.2) is 43.6 Å². The van der Waals surface area contributed by atoms with Crippen LogP contribution >= 0.6 is 0 Å². The zero-order valence-corrected chi connectivity index (χ0v) is 20.1. The number of rotatable bonds is 7. The number of nitrogens with one attached hydrogen (secondary N) is 1. The molecule has 0 fully saturated rings. The van der Waals surface area contributed by atoms with E-state index in [0.29, 0.717) is 11.4 Å². The van der Waals surface area contributed by atoms with Crippen LogP contribution in [0.2, 0.25) is 0 Å². The second-order valence-corrected chi connectivity index (χ2v) is 8.62. The Bertz CT molecular complexity index is 1510. The van der Waals surface area contributed by atoms with Crippen LogP contribution in [-0.2, 0) is 22.1 Å². The Morgan fingerprint density at radius 3 is 2.69 bits per heavy atom. The van der Waals surface area contributed by atoms with Crippen molar-refractivity contribution in [1.82, 2.24) is 29.7 Å². The highest BCUT2D eigenvalue weighted by Crippen LogP contribution is 2.37. The number of H-pyrrole nitrogens is 1. The number of nitrogens with two attached hydrogens (primary N) is 1. The molecular formula is C26H27N7O2. The molecule has 3 N–H and O–H groups in total. The predicted octanol–water partition coefficient (Wildman–Crippen LogP) is 4.20. The van der Waals surface area contributed by atoms with E-state index in [2.05, 4.69) is 31.1 Å². The molecule has 0 saturated carbocycles. The van der Waals surface area contributed by atoms with E-state index >= 15 is 0 Å². The van der Waals surface area contributed by atoms with Crippen LogP contribution < -0.4 is 5.73 Å². The van der Waals surface area contributed by atoms with E-state index in [1.807, 2.05) is 76.0 Å². The van der Waals surface area contributed by atoms with Crippen molar-refractivity contribution in [3.63, 3.8) is 0 Å². The Kier molecular flexibility index (Phi) is 5.80. The van der Waals surface area contributed by atoms with Gasteiger partial charge in [-0.25, -0.2) is 15.0 Å². The molecule has 0 bridgehead atoms. The molecule has 9 heteroatoms. The SMILES string of the molecule is COCOC(C)(c1cc(-c2c[nH]c3ncc(-c4cnn(C)c4)cc23)nc(N)n1)c1ccccc1C. The monoisotopic (exact) mass is 469 g/mol. The maximum absolute atomic E-state index is 6.23. The number of pyridine rings is 1. The lowest BCUT2D eigenvalue weighted by molar-refractivity contribution is -0.109. The third-order valence-corrected chi connectivity index (χ3v) is 6.20. The lowest BCUT2D eigenvalue weighted by Gasteiger charge is -2.31. The Balaban J connectivity index is 1.65. The molecule has 1 aromatic carbocycles. The van der Waals surface area contributed by atoms with Gasteiger partial charge in [-0.1, -0.05) is 24.3 Å². The Morgan fingerprint density at radius 1 is 1.11 bits per heavy atom. The summed E-state index contributed by atoms with van der Waals surface area (Å²) in [6.07, 6.45) is 7.48. The van der Waals surface area contributed by atoms with Gasteiger partial charge >= 0.3 is 0 Å². The number of fused-ring (bicyclic) bond motifs is 1. The molecule has 1 unspecified atom stereocenters. The number of hydrogen-bond donors (Lipinski definition) is 2.